The third-order valence-corrected chi connectivity index (χ3v) is 8.80. The summed E-state index contributed by atoms with van der Waals surface area (Å²) in [6.45, 7) is 2.10. The van der Waals surface area contributed by atoms with Crippen LogP contribution in [0.5, 0.6) is 17.2 Å². The van der Waals surface area contributed by atoms with E-state index in [0.717, 1.165) is 44.1 Å². The zero-order valence-electron chi connectivity index (χ0n) is 25.6. The monoisotopic (exact) mass is 595 g/mol. The van der Waals surface area contributed by atoms with Gasteiger partial charge in [-0.3, -0.25) is 4.79 Å². The Labute approximate surface area is 254 Å². The first-order valence-electron chi connectivity index (χ1n) is 15.5. The predicted octanol–water partition coefficient (Wildman–Crippen LogP) is 5.98. The maximum atomic E-state index is 13.8. The highest BCUT2D eigenvalue weighted by molar-refractivity contribution is 5.86. The first-order chi connectivity index (χ1) is 20.8. The molecule has 0 aromatic heterocycles. The van der Waals surface area contributed by atoms with Crippen molar-refractivity contribution in [2.75, 3.05) is 27.4 Å². The molecule has 3 atom stereocenters. The predicted molar refractivity (Wildman–Crippen MR) is 161 cm³/mol. The van der Waals surface area contributed by atoms with Crippen LogP contribution in [0.1, 0.15) is 81.9 Å². The lowest BCUT2D eigenvalue weighted by Gasteiger charge is -2.38. The topological polar surface area (TPSA) is 112 Å². The number of carbonyl (C=O) groups excluding carboxylic acids is 2. The standard InChI is InChI=1S/C34H45NO8/c1-23(25-10-5-4-6-11-25)33(38)35-19-8-7-14-28(35)34(39)43-29(26-12-9-13-27(21-26)42-22-32(36)37)17-15-24-16-18-30(40-2)31(20-24)41-3/h9,12-13,16,18,20-21,23,25,28-29H,4-8,10-11,14-15,17,19,22H2,1-3H3,(H,36,37)/t23-,28+,29?/m1/s1. The van der Waals surface area contributed by atoms with Crippen molar-refractivity contribution in [3.63, 3.8) is 0 Å². The number of rotatable bonds is 13. The first kappa shape index (κ1) is 32.2. The van der Waals surface area contributed by atoms with E-state index in [4.69, 9.17) is 24.1 Å². The molecular weight excluding hydrogens is 550 g/mol. The fourth-order valence-corrected chi connectivity index (χ4v) is 6.33. The average molecular weight is 596 g/mol. The maximum absolute atomic E-state index is 13.8. The number of benzene rings is 2. The number of likely N-dealkylation sites (tertiary alicyclic amines) is 1. The number of nitrogens with zero attached hydrogens (tertiary/aromatic N) is 1. The summed E-state index contributed by atoms with van der Waals surface area (Å²) in [6, 6.07) is 12.1. The van der Waals surface area contributed by atoms with E-state index in [0.29, 0.717) is 54.5 Å². The summed E-state index contributed by atoms with van der Waals surface area (Å²) in [5.74, 6) is 0.440. The van der Waals surface area contributed by atoms with Crippen molar-refractivity contribution in [1.29, 1.82) is 0 Å². The summed E-state index contributed by atoms with van der Waals surface area (Å²) in [5.41, 5.74) is 1.67. The highest BCUT2D eigenvalue weighted by atomic mass is 16.5. The van der Waals surface area contributed by atoms with Crippen LogP contribution in [-0.2, 0) is 25.5 Å². The second kappa shape index (κ2) is 15.6. The Morgan fingerprint density at radius 3 is 2.40 bits per heavy atom. The molecule has 1 aliphatic carbocycles. The zero-order chi connectivity index (χ0) is 30.8. The van der Waals surface area contributed by atoms with Crippen LogP contribution >= 0.6 is 0 Å². The molecule has 1 saturated carbocycles. The number of carboxylic acids is 1. The number of piperidine rings is 1. The van der Waals surface area contributed by atoms with E-state index in [1.54, 1.807) is 37.3 Å². The second-order valence-corrected chi connectivity index (χ2v) is 11.6. The van der Waals surface area contributed by atoms with E-state index in [1.807, 2.05) is 31.2 Å². The molecule has 0 bridgehead atoms. The molecular formula is C34H45NO8. The minimum Gasteiger partial charge on any atom is -0.493 e. The van der Waals surface area contributed by atoms with Gasteiger partial charge in [-0.05, 0) is 86.3 Å². The summed E-state index contributed by atoms with van der Waals surface area (Å²) in [6.07, 6.45) is 8.37. The van der Waals surface area contributed by atoms with Crippen LogP contribution in [0.4, 0.5) is 0 Å². The molecule has 1 heterocycles. The lowest BCUT2D eigenvalue weighted by Crippen LogP contribution is -2.51. The molecule has 2 aromatic rings. The largest absolute Gasteiger partial charge is 0.493 e. The molecule has 43 heavy (non-hydrogen) atoms. The highest BCUT2D eigenvalue weighted by Crippen LogP contribution is 2.34. The Morgan fingerprint density at radius 2 is 1.67 bits per heavy atom. The molecule has 2 aliphatic rings. The first-order valence-corrected chi connectivity index (χ1v) is 15.5. The van der Waals surface area contributed by atoms with Gasteiger partial charge in [-0.25, -0.2) is 9.59 Å². The quantitative estimate of drug-likeness (QED) is 0.282. The number of carbonyl (C=O) groups is 3. The Bertz CT molecular complexity index is 1240. The molecule has 2 aromatic carbocycles. The van der Waals surface area contributed by atoms with Crippen molar-refractivity contribution >= 4 is 17.8 Å². The SMILES string of the molecule is COc1ccc(CCC(OC(=O)[C@@H]2CCCCN2C(=O)[C@H](C)C2CCCCC2)c2cccc(OCC(=O)O)c2)cc1OC. The Kier molecular flexibility index (Phi) is 11.7. The molecule has 1 amide bonds. The molecule has 2 fully saturated rings. The van der Waals surface area contributed by atoms with Crippen LogP contribution in [0, 0.1) is 11.8 Å². The van der Waals surface area contributed by atoms with Crippen LogP contribution in [0.2, 0.25) is 0 Å². The minimum atomic E-state index is -1.08. The van der Waals surface area contributed by atoms with Crippen molar-refractivity contribution < 1.29 is 38.4 Å². The molecule has 1 aliphatic heterocycles. The van der Waals surface area contributed by atoms with E-state index in [2.05, 4.69) is 0 Å². The van der Waals surface area contributed by atoms with Gasteiger partial charge in [0.2, 0.25) is 5.91 Å². The smallest absolute Gasteiger partial charge is 0.341 e. The molecule has 0 radical (unpaired) electrons. The maximum Gasteiger partial charge on any atom is 0.341 e. The van der Waals surface area contributed by atoms with Crippen LogP contribution in [0.15, 0.2) is 42.5 Å². The van der Waals surface area contributed by atoms with Gasteiger partial charge in [0.15, 0.2) is 18.1 Å². The van der Waals surface area contributed by atoms with Gasteiger partial charge in [0.1, 0.15) is 17.9 Å². The number of amides is 1. The summed E-state index contributed by atoms with van der Waals surface area (Å²) < 4.78 is 22.5. The molecule has 4 rings (SSSR count). The number of methoxy groups -OCH3 is 2. The number of carboxylic acid groups (broad SMARTS) is 1. The van der Waals surface area contributed by atoms with E-state index >= 15 is 0 Å². The highest BCUT2D eigenvalue weighted by Gasteiger charge is 2.38. The lowest BCUT2D eigenvalue weighted by molar-refractivity contribution is -0.163. The number of ether oxygens (including phenoxy) is 4. The normalized spacial score (nSPS) is 18.8. The fourth-order valence-electron chi connectivity index (χ4n) is 6.33. The van der Waals surface area contributed by atoms with Gasteiger partial charge < -0.3 is 29.0 Å². The third-order valence-electron chi connectivity index (χ3n) is 8.80. The molecule has 0 spiro atoms. The molecule has 1 unspecified atom stereocenters. The Hall–Kier alpha value is -3.75. The average Bonchev–Trinajstić information content (AvgIpc) is 3.05. The van der Waals surface area contributed by atoms with Gasteiger partial charge >= 0.3 is 11.9 Å². The van der Waals surface area contributed by atoms with E-state index in [9.17, 15) is 14.4 Å². The van der Waals surface area contributed by atoms with Gasteiger partial charge in [-0.1, -0.05) is 44.4 Å². The summed E-state index contributed by atoms with van der Waals surface area (Å²) >= 11 is 0. The summed E-state index contributed by atoms with van der Waals surface area (Å²) in [5, 5.41) is 9.05. The minimum absolute atomic E-state index is 0.0551. The van der Waals surface area contributed by atoms with Crippen molar-refractivity contribution in [3.05, 3.63) is 53.6 Å². The summed E-state index contributed by atoms with van der Waals surface area (Å²) in [4.78, 5) is 40.3. The molecule has 234 valence electrons. The number of aliphatic carboxylic acids is 1. The number of hydrogen-bond acceptors (Lipinski definition) is 7. The Morgan fingerprint density at radius 1 is 0.930 bits per heavy atom. The van der Waals surface area contributed by atoms with Crippen molar-refractivity contribution in [1.82, 2.24) is 4.90 Å². The van der Waals surface area contributed by atoms with Gasteiger partial charge in [-0.15, -0.1) is 0 Å². The third kappa shape index (κ3) is 8.65. The number of esters is 1. The van der Waals surface area contributed by atoms with Crippen LogP contribution in [-0.4, -0.2) is 61.3 Å². The number of hydrogen-bond donors (Lipinski definition) is 1. The summed E-state index contributed by atoms with van der Waals surface area (Å²) in [7, 11) is 3.17. The van der Waals surface area contributed by atoms with E-state index < -0.39 is 30.7 Å². The Balaban J connectivity index is 1.53. The van der Waals surface area contributed by atoms with Crippen molar-refractivity contribution in [3.8, 4) is 17.2 Å². The molecule has 1 N–H and O–H groups in total. The molecule has 9 heteroatoms. The molecule has 1 saturated heterocycles. The number of aryl methyl sites for hydroxylation is 1. The van der Waals surface area contributed by atoms with Gasteiger partial charge in [0, 0.05) is 12.5 Å². The van der Waals surface area contributed by atoms with E-state index in [1.165, 1.54) is 6.42 Å². The lowest BCUT2D eigenvalue weighted by atomic mass is 9.80. The van der Waals surface area contributed by atoms with E-state index in [-0.39, 0.29) is 11.8 Å². The van der Waals surface area contributed by atoms with Crippen LogP contribution in [0.3, 0.4) is 0 Å². The van der Waals surface area contributed by atoms with Crippen LogP contribution < -0.4 is 14.2 Å². The van der Waals surface area contributed by atoms with Gasteiger partial charge in [0.05, 0.1) is 14.2 Å². The zero-order valence-corrected chi connectivity index (χ0v) is 25.6. The van der Waals surface area contributed by atoms with Crippen molar-refractivity contribution in [2.45, 2.75) is 83.3 Å². The van der Waals surface area contributed by atoms with Gasteiger partial charge in [0.25, 0.3) is 0 Å². The van der Waals surface area contributed by atoms with Gasteiger partial charge in [-0.2, -0.15) is 0 Å². The fraction of sp³-hybridized carbons (Fsp3) is 0.559. The van der Waals surface area contributed by atoms with Crippen molar-refractivity contribution in [2.24, 2.45) is 11.8 Å². The second-order valence-electron chi connectivity index (χ2n) is 11.6. The molecule has 9 nitrogen and oxygen atoms in total. The van der Waals surface area contributed by atoms with Crippen LogP contribution in [0.25, 0.3) is 0 Å².